The molecule has 1 unspecified atom stereocenters. The lowest BCUT2D eigenvalue weighted by atomic mass is 9.89. The van der Waals surface area contributed by atoms with E-state index in [4.69, 9.17) is 0 Å². The molecule has 0 spiro atoms. The van der Waals surface area contributed by atoms with E-state index in [0.29, 0.717) is 6.04 Å². The Morgan fingerprint density at radius 2 is 2.19 bits per heavy atom. The average Bonchev–Trinajstić information content (AvgIpc) is 2.85. The molecule has 1 aliphatic carbocycles. The van der Waals surface area contributed by atoms with Crippen molar-refractivity contribution < 1.29 is 0 Å². The molecule has 1 N–H and O–H groups in total. The Kier molecular flexibility index (Phi) is 4.86. The zero-order valence-electron chi connectivity index (χ0n) is 10.2. The van der Waals surface area contributed by atoms with Gasteiger partial charge in [0.1, 0.15) is 0 Å². The molecule has 1 aromatic rings. The van der Waals surface area contributed by atoms with Gasteiger partial charge in [-0.15, -0.1) is 11.3 Å². The van der Waals surface area contributed by atoms with E-state index in [2.05, 4.69) is 29.8 Å². The minimum atomic E-state index is 0.585. The monoisotopic (exact) mass is 237 g/mol. The van der Waals surface area contributed by atoms with E-state index in [0.717, 1.165) is 5.92 Å². The van der Waals surface area contributed by atoms with Crippen molar-refractivity contribution in [3.8, 4) is 0 Å². The fourth-order valence-corrected chi connectivity index (χ4v) is 3.52. The molecule has 0 bridgehead atoms. The normalized spacial score (nSPS) is 19.8. The highest BCUT2D eigenvalue weighted by Crippen LogP contribution is 2.25. The van der Waals surface area contributed by atoms with Crippen LogP contribution in [0.25, 0.3) is 0 Å². The number of rotatable bonds is 5. The molecule has 1 aromatic heterocycles. The van der Waals surface area contributed by atoms with Gasteiger partial charge in [0.05, 0.1) is 0 Å². The first-order valence-electron chi connectivity index (χ1n) is 6.67. The molecule has 90 valence electrons. The highest BCUT2D eigenvalue weighted by atomic mass is 32.1. The van der Waals surface area contributed by atoms with Gasteiger partial charge >= 0.3 is 0 Å². The molecule has 0 amide bonds. The Morgan fingerprint density at radius 3 is 2.81 bits per heavy atom. The fourth-order valence-electron chi connectivity index (χ4n) is 2.64. The van der Waals surface area contributed by atoms with Crippen LogP contribution in [-0.2, 0) is 0 Å². The first-order valence-corrected chi connectivity index (χ1v) is 7.55. The molecule has 2 heteroatoms. The number of hydrogen-bond acceptors (Lipinski definition) is 2. The van der Waals surface area contributed by atoms with Crippen molar-refractivity contribution in [3.63, 3.8) is 0 Å². The second-order valence-corrected chi connectivity index (χ2v) is 5.87. The maximum Gasteiger partial charge on any atom is 0.0412 e. The Balaban J connectivity index is 1.78. The summed E-state index contributed by atoms with van der Waals surface area (Å²) in [5, 5.41) is 5.93. The van der Waals surface area contributed by atoms with Crippen LogP contribution in [0, 0.1) is 5.92 Å². The third-order valence-corrected chi connectivity index (χ3v) is 4.66. The third kappa shape index (κ3) is 3.33. The van der Waals surface area contributed by atoms with Gasteiger partial charge in [0.25, 0.3) is 0 Å². The van der Waals surface area contributed by atoms with Crippen molar-refractivity contribution in [1.82, 2.24) is 5.32 Å². The smallest absolute Gasteiger partial charge is 0.0412 e. The predicted octanol–water partition coefficient (Wildman–Crippen LogP) is 4.37. The molecule has 1 heterocycles. The average molecular weight is 237 g/mol. The van der Waals surface area contributed by atoms with Gasteiger partial charge in [-0.2, -0.15) is 0 Å². The van der Waals surface area contributed by atoms with Crippen molar-refractivity contribution >= 4 is 11.3 Å². The van der Waals surface area contributed by atoms with E-state index >= 15 is 0 Å². The first-order chi connectivity index (χ1) is 7.90. The Bertz CT molecular complexity index is 275. The van der Waals surface area contributed by atoms with Crippen molar-refractivity contribution in [2.24, 2.45) is 5.92 Å². The zero-order chi connectivity index (χ0) is 11.2. The van der Waals surface area contributed by atoms with Crippen molar-refractivity contribution in [2.75, 3.05) is 6.54 Å². The molecule has 0 aromatic carbocycles. The highest BCUT2D eigenvalue weighted by molar-refractivity contribution is 7.10. The standard InChI is InChI=1S/C14H23NS/c1-2-13(14-9-6-10-16-14)15-11-12-7-4-3-5-8-12/h6,9-10,12-13,15H,2-5,7-8,11H2,1H3. The van der Waals surface area contributed by atoms with Crippen molar-refractivity contribution in [2.45, 2.75) is 51.5 Å². The largest absolute Gasteiger partial charge is 0.309 e. The van der Waals surface area contributed by atoms with Crippen molar-refractivity contribution in [3.05, 3.63) is 22.4 Å². The third-order valence-electron chi connectivity index (χ3n) is 3.67. The maximum absolute atomic E-state index is 3.75. The molecule has 16 heavy (non-hydrogen) atoms. The van der Waals surface area contributed by atoms with Gasteiger partial charge in [0.15, 0.2) is 0 Å². The first kappa shape index (κ1) is 12.1. The van der Waals surface area contributed by atoms with Gasteiger partial charge in [0.2, 0.25) is 0 Å². The van der Waals surface area contributed by atoms with Gasteiger partial charge in [-0.3, -0.25) is 0 Å². The predicted molar refractivity (Wildman–Crippen MR) is 71.9 cm³/mol. The summed E-state index contributed by atoms with van der Waals surface area (Å²) >= 11 is 1.88. The molecule has 2 rings (SSSR count). The van der Waals surface area contributed by atoms with Crippen LogP contribution in [0.3, 0.4) is 0 Å². The SMILES string of the molecule is CCC(NCC1CCCCC1)c1cccs1. The lowest BCUT2D eigenvalue weighted by Crippen LogP contribution is -2.27. The van der Waals surface area contributed by atoms with Crippen LogP contribution in [0.4, 0.5) is 0 Å². The summed E-state index contributed by atoms with van der Waals surface area (Å²) in [6.07, 6.45) is 8.43. The van der Waals surface area contributed by atoms with E-state index in [1.165, 1.54) is 49.9 Å². The van der Waals surface area contributed by atoms with Gasteiger partial charge in [-0.1, -0.05) is 32.3 Å². The van der Waals surface area contributed by atoms with E-state index in [9.17, 15) is 0 Å². The van der Waals surface area contributed by atoms with Crippen LogP contribution in [0.2, 0.25) is 0 Å². The van der Waals surface area contributed by atoms with E-state index in [1.807, 2.05) is 11.3 Å². The van der Waals surface area contributed by atoms with E-state index in [-0.39, 0.29) is 0 Å². The minimum absolute atomic E-state index is 0.585. The second kappa shape index (κ2) is 6.41. The Labute approximate surface area is 103 Å². The van der Waals surface area contributed by atoms with E-state index in [1.54, 1.807) is 0 Å². The molecule has 1 saturated carbocycles. The van der Waals surface area contributed by atoms with Crippen LogP contribution >= 0.6 is 11.3 Å². The Hall–Kier alpha value is -0.340. The maximum atomic E-state index is 3.75. The summed E-state index contributed by atoms with van der Waals surface area (Å²) in [4.78, 5) is 1.50. The van der Waals surface area contributed by atoms with Gasteiger partial charge in [-0.25, -0.2) is 0 Å². The molecular weight excluding hydrogens is 214 g/mol. The summed E-state index contributed by atoms with van der Waals surface area (Å²) in [7, 11) is 0. The second-order valence-electron chi connectivity index (χ2n) is 4.89. The number of nitrogens with one attached hydrogen (secondary N) is 1. The van der Waals surface area contributed by atoms with Crippen LogP contribution in [0.1, 0.15) is 56.4 Å². The molecule has 0 radical (unpaired) electrons. The van der Waals surface area contributed by atoms with Gasteiger partial charge < -0.3 is 5.32 Å². The topological polar surface area (TPSA) is 12.0 Å². The summed E-state index contributed by atoms with van der Waals surface area (Å²) < 4.78 is 0. The molecule has 0 aliphatic heterocycles. The molecule has 1 fully saturated rings. The molecule has 0 saturated heterocycles. The molecule has 1 atom stereocenters. The van der Waals surface area contributed by atoms with Gasteiger partial charge in [-0.05, 0) is 43.2 Å². The highest BCUT2D eigenvalue weighted by Gasteiger charge is 2.16. The molecule has 1 aliphatic rings. The number of thiophene rings is 1. The molecular formula is C14H23NS. The van der Waals surface area contributed by atoms with Crippen LogP contribution in [0.15, 0.2) is 17.5 Å². The van der Waals surface area contributed by atoms with Gasteiger partial charge in [0, 0.05) is 10.9 Å². The van der Waals surface area contributed by atoms with Crippen LogP contribution in [-0.4, -0.2) is 6.54 Å². The summed E-state index contributed by atoms with van der Waals surface area (Å²) in [6.45, 7) is 3.49. The fraction of sp³-hybridized carbons (Fsp3) is 0.714. The lowest BCUT2D eigenvalue weighted by molar-refractivity contribution is 0.327. The summed E-state index contributed by atoms with van der Waals surface area (Å²) in [6, 6.07) is 5.00. The minimum Gasteiger partial charge on any atom is -0.309 e. The van der Waals surface area contributed by atoms with E-state index < -0.39 is 0 Å². The molecule has 1 nitrogen and oxygen atoms in total. The summed E-state index contributed by atoms with van der Waals surface area (Å²) in [5.74, 6) is 0.933. The zero-order valence-corrected chi connectivity index (χ0v) is 11.1. The summed E-state index contributed by atoms with van der Waals surface area (Å²) in [5.41, 5.74) is 0. The lowest BCUT2D eigenvalue weighted by Gasteiger charge is -2.24. The van der Waals surface area contributed by atoms with Crippen molar-refractivity contribution in [1.29, 1.82) is 0 Å². The quantitative estimate of drug-likeness (QED) is 0.802. The van der Waals surface area contributed by atoms with Crippen LogP contribution in [0.5, 0.6) is 0 Å². The van der Waals surface area contributed by atoms with Crippen LogP contribution < -0.4 is 5.32 Å². The number of hydrogen-bond donors (Lipinski definition) is 1. The Morgan fingerprint density at radius 1 is 1.38 bits per heavy atom.